The van der Waals surface area contributed by atoms with Crippen LogP contribution in [0.1, 0.15) is 22.5 Å². The van der Waals surface area contributed by atoms with E-state index >= 15 is 0 Å². The lowest BCUT2D eigenvalue weighted by atomic mass is 10.2. The first-order valence-electron chi connectivity index (χ1n) is 12.4. The van der Waals surface area contributed by atoms with E-state index in [1.807, 2.05) is 4.90 Å². The molecule has 2 aliphatic rings. The Morgan fingerprint density at radius 2 is 1.82 bits per heavy atom. The Kier molecular flexibility index (Phi) is 9.86. The molecule has 2 saturated heterocycles. The highest BCUT2D eigenvalue weighted by molar-refractivity contribution is 7.89. The zero-order valence-corrected chi connectivity index (χ0v) is 24.1. The molecule has 4 rings (SSSR count). The average molecular weight is 619 g/mol. The highest BCUT2D eigenvalue weighted by atomic mass is 35.5. The Hall–Kier alpha value is -2.26. The fraction of sp³-hybridized carbons (Fsp3) is 0.458. The number of sulfonamides is 1. The minimum absolute atomic E-state index is 0.00200. The molecule has 1 atom stereocenters. The van der Waals surface area contributed by atoms with Gasteiger partial charge in [-0.1, -0.05) is 29.3 Å². The molecule has 1 aromatic carbocycles. The summed E-state index contributed by atoms with van der Waals surface area (Å²) in [5.41, 5.74) is 0.285. The summed E-state index contributed by atoms with van der Waals surface area (Å²) in [4.78, 5) is 43.4. The number of halogens is 2. The van der Waals surface area contributed by atoms with E-state index < -0.39 is 27.9 Å². The maximum atomic E-state index is 13.5. The van der Waals surface area contributed by atoms with Crippen molar-refractivity contribution in [1.82, 2.24) is 19.8 Å². The van der Waals surface area contributed by atoms with E-state index in [9.17, 15) is 27.9 Å². The average Bonchev–Trinajstić information content (AvgIpc) is 3.54. The van der Waals surface area contributed by atoms with Crippen molar-refractivity contribution < 1.29 is 27.9 Å². The topological polar surface area (TPSA) is 139 Å². The Morgan fingerprint density at radius 1 is 1.08 bits per heavy atom. The number of aliphatic hydroxyl groups excluding tert-OH is 1. The van der Waals surface area contributed by atoms with E-state index in [4.69, 9.17) is 23.2 Å². The van der Waals surface area contributed by atoms with E-state index in [0.29, 0.717) is 61.3 Å². The molecule has 1 aromatic heterocycles. The largest absolute Gasteiger partial charge is 0.395 e. The number of amides is 3. The van der Waals surface area contributed by atoms with Gasteiger partial charge in [0.25, 0.3) is 5.91 Å². The summed E-state index contributed by atoms with van der Waals surface area (Å²) in [7, 11) is -4.35. The Morgan fingerprint density at radius 3 is 2.44 bits per heavy atom. The van der Waals surface area contributed by atoms with Gasteiger partial charge in [-0.15, -0.1) is 11.3 Å². The van der Waals surface area contributed by atoms with Crippen LogP contribution in [0.5, 0.6) is 0 Å². The summed E-state index contributed by atoms with van der Waals surface area (Å²) in [5.74, 6) is -1.15. The molecule has 0 radical (unpaired) electrons. The number of benzene rings is 1. The van der Waals surface area contributed by atoms with E-state index in [1.165, 1.54) is 28.0 Å². The van der Waals surface area contributed by atoms with Crippen LogP contribution in [0.2, 0.25) is 9.36 Å². The first-order valence-corrected chi connectivity index (χ1v) is 15.4. The predicted molar refractivity (Wildman–Crippen MR) is 149 cm³/mol. The fourth-order valence-electron chi connectivity index (χ4n) is 4.52. The summed E-state index contributed by atoms with van der Waals surface area (Å²) >= 11 is 13.5. The van der Waals surface area contributed by atoms with E-state index in [1.54, 1.807) is 12.1 Å². The third-order valence-electron chi connectivity index (χ3n) is 6.56. The Labute approximate surface area is 240 Å². The number of piperazine rings is 1. The summed E-state index contributed by atoms with van der Waals surface area (Å²) in [6.45, 7) is 2.29. The Balaban J connectivity index is 1.55. The quantitative estimate of drug-likeness (QED) is 0.366. The molecule has 39 heavy (non-hydrogen) atoms. The zero-order valence-electron chi connectivity index (χ0n) is 20.9. The molecule has 2 aliphatic heterocycles. The lowest BCUT2D eigenvalue weighted by Gasteiger charge is -2.36. The number of hydrogen-bond acceptors (Lipinski definition) is 8. The zero-order chi connectivity index (χ0) is 28.2. The molecular weight excluding hydrogens is 589 g/mol. The number of carbonyl (C=O) groups excluding carboxylic acids is 3. The van der Waals surface area contributed by atoms with E-state index in [-0.39, 0.29) is 34.7 Å². The standard InChI is InChI=1S/C24H29Cl2N5O6S2/c25-20-7-6-18(38-20)23(34)27-15-16(24(35)30-11-9-29(10-12-30)13-14-32)28-39(36,37)19-4-1-3-17(22(19)26)31-8-2-5-21(31)33/h1,3-4,6-7,16,28,32H,2,5,8-15H2,(H,27,34)/t16-/m0/s1. The van der Waals surface area contributed by atoms with Crippen LogP contribution in [-0.2, 0) is 19.6 Å². The summed E-state index contributed by atoms with van der Waals surface area (Å²) in [6, 6.07) is 6.14. The van der Waals surface area contributed by atoms with Gasteiger partial charge in [0.05, 0.1) is 26.5 Å². The lowest BCUT2D eigenvalue weighted by molar-refractivity contribution is -0.134. The van der Waals surface area contributed by atoms with E-state index in [2.05, 4.69) is 10.0 Å². The number of aliphatic hydroxyl groups is 1. The van der Waals surface area contributed by atoms with Crippen LogP contribution in [0.4, 0.5) is 5.69 Å². The minimum Gasteiger partial charge on any atom is -0.395 e. The van der Waals surface area contributed by atoms with Gasteiger partial charge >= 0.3 is 0 Å². The van der Waals surface area contributed by atoms with Crippen LogP contribution >= 0.6 is 34.5 Å². The molecule has 0 saturated carbocycles. The van der Waals surface area contributed by atoms with Gasteiger partial charge in [0.1, 0.15) is 10.9 Å². The van der Waals surface area contributed by atoms with Gasteiger partial charge in [0, 0.05) is 52.2 Å². The van der Waals surface area contributed by atoms with Crippen LogP contribution in [0.15, 0.2) is 35.2 Å². The van der Waals surface area contributed by atoms with Gasteiger partial charge in [-0.05, 0) is 30.7 Å². The summed E-state index contributed by atoms with van der Waals surface area (Å²) in [6.07, 6.45) is 0.991. The van der Waals surface area contributed by atoms with Crippen molar-refractivity contribution in [3.63, 3.8) is 0 Å². The van der Waals surface area contributed by atoms with Gasteiger partial charge in [0.15, 0.2) is 0 Å². The summed E-state index contributed by atoms with van der Waals surface area (Å²) < 4.78 is 29.9. The van der Waals surface area contributed by atoms with Crippen molar-refractivity contribution in [3.05, 3.63) is 44.6 Å². The molecule has 0 spiro atoms. The van der Waals surface area contributed by atoms with Gasteiger partial charge in [-0.3, -0.25) is 19.3 Å². The molecule has 11 nitrogen and oxygen atoms in total. The van der Waals surface area contributed by atoms with E-state index in [0.717, 1.165) is 11.3 Å². The minimum atomic E-state index is -4.35. The first kappa shape index (κ1) is 29.7. The van der Waals surface area contributed by atoms with Crippen LogP contribution < -0.4 is 14.9 Å². The molecule has 2 aromatic rings. The molecule has 3 amide bonds. The first-order chi connectivity index (χ1) is 18.6. The van der Waals surface area contributed by atoms with Crippen molar-refractivity contribution in [2.75, 3.05) is 57.3 Å². The molecule has 0 unspecified atom stereocenters. The number of β-amino-alcohol motifs (C(OH)–C–C–N with tert-alkyl or cyclic N) is 1. The normalized spacial score (nSPS) is 17.5. The molecule has 0 bridgehead atoms. The van der Waals surface area contributed by atoms with Gasteiger partial charge in [0.2, 0.25) is 21.8 Å². The monoisotopic (exact) mass is 617 g/mol. The molecule has 15 heteroatoms. The van der Waals surface area contributed by atoms with Crippen LogP contribution in [-0.4, -0.2) is 99.5 Å². The second-order valence-electron chi connectivity index (χ2n) is 9.12. The number of rotatable bonds is 10. The molecule has 3 heterocycles. The van der Waals surface area contributed by atoms with Crippen molar-refractivity contribution >= 4 is 68.0 Å². The number of thiophene rings is 1. The third-order valence-corrected chi connectivity index (χ3v) is 9.81. The number of anilines is 1. The SMILES string of the molecule is O=C(NC[C@H](NS(=O)(=O)c1cccc(N2CCCC2=O)c1Cl)C(=O)N1CCN(CCO)CC1)c1ccc(Cl)s1. The maximum Gasteiger partial charge on any atom is 0.261 e. The predicted octanol–water partition coefficient (Wildman–Crippen LogP) is 1.40. The van der Waals surface area contributed by atoms with Crippen LogP contribution in [0.3, 0.4) is 0 Å². The molecule has 2 fully saturated rings. The second kappa shape index (κ2) is 12.9. The lowest BCUT2D eigenvalue weighted by Crippen LogP contribution is -2.57. The molecule has 212 valence electrons. The van der Waals surface area contributed by atoms with Crippen molar-refractivity contribution in [2.45, 2.75) is 23.8 Å². The smallest absolute Gasteiger partial charge is 0.261 e. The fourth-order valence-corrected chi connectivity index (χ4v) is 7.30. The van der Waals surface area contributed by atoms with Crippen molar-refractivity contribution in [3.8, 4) is 0 Å². The molecule has 0 aliphatic carbocycles. The number of nitrogens with zero attached hydrogens (tertiary/aromatic N) is 3. The van der Waals surface area contributed by atoms with Gasteiger partial charge < -0.3 is 20.2 Å². The van der Waals surface area contributed by atoms with Crippen molar-refractivity contribution in [1.29, 1.82) is 0 Å². The third kappa shape index (κ3) is 7.09. The number of hydrogen-bond donors (Lipinski definition) is 3. The number of nitrogens with one attached hydrogen (secondary N) is 2. The van der Waals surface area contributed by atoms with Gasteiger partial charge in [-0.2, -0.15) is 4.72 Å². The van der Waals surface area contributed by atoms with Crippen molar-refractivity contribution in [2.24, 2.45) is 0 Å². The Bertz CT molecular complexity index is 1330. The van der Waals surface area contributed by atoms with Gasteiger partial charge in [-0.25, -0.2) is 8.42 Å². The number of carbonyl (C=O) groups is 3. The molecule has 3 N–H and O–H groups in total. The highest BCUT2D eigenvalue weighted by Crippen LogP contribution is 2.34. The van der Waals surface area contributed by atoms with Crippen LogP contribution in [0.25, 0.3) is 0 Å². The van der Waals surface area contributed by atoms with Crippen LogP contribution in [0, 0.1) is 0 Å². The highest BCUT2D eigenvalue weighted by Gasteiger charge is 2.34. The second-order valence-corrected chi connectivity index (χ2v) is 12.9. The molecular formula is C24H29Cl2N5O6S2. The summed E-state index contributed by atoms with van der Waals surface area (Å²) in [5, 5.41) is 11.7. The maximum absolute atomic E-state index is 13.5.